The quantitative estimate of drug-likeness (QED) is 0.256. The minimum atomic E-state index is -0.831. The van der Waals surface area contributed by atoms with Crippen LogP contribution in [0.1, 0.15) is 35.3 Å². The van der Waals surface area contributed by atoms with Crippen LogP contribution in [0.15, 0.2) is 84.9 Å². The lowest BCUT2D eigenvalue weighted by Crippen LogP contribution is -2.54. The average Bonchev–Trinajstić information content (AvgIpc) is 3.20. The zero-order valence-electron chi connectivity index (χ0n) is 22.2. The second-order valence-electron chi connectivity index (χ2n) is 10.2. The SMILES string of the molecule is CC(C)NC(=O)[C@H](Cc1ccccc1)N(Cc1ccc(Cl)c(Cl)c1)C(=O)CN1C(=O)c2cccc3cccc1c23. The summed E-state index contributed by atoms with van der Waals surface area (Å²) in [5.41, 5.74) is 2.88. The Bertz CT molecular complexity index is 1580. The highest BCUT2D eigenvalue weighted by atomic mass is 35.5. The first-order valence-corrected chi connectivity index (χ1v) is 13.9. The highest BCUT2D eigenvalue weighted by Gasteiger charge is 2.36. The van der Waals surface area contributed by atoms with Crippen LogP contribution in [0.5, 0.6) is 0 Å². The second kappa shape index (κ2) is 11.7. The third-order valence-electron chi connectivity index (χ3n) is 6.98. The van der Waals surface area contributed by atoms with Crippen LogP contribution in [0.3, 0.4) is 0 Å². The number of nitrogens with one attached hydrogen (secondary N) is 1. The molecular formula is C32H29Cl2N3O3. The van der Waals surface area contributed by atoms with Crippen molar-refractivity contribution in [1.29, 1.82) is 0 Å². The molecule has 4 aromatic rings. The number of rotatable bonds is 9. The van der Waals surface area contributed by atoms with Crippen LogP contribution < -0.4 is 10.2 Å². The molecule has 40 heavy (non-hydrogen) atoms. The predicted octanol–water partition coefficient (Wildman–Crippen LogP) is 6.27. The summed E-state index contributed by atoms with van der Waals surface area (Å²) in [5, 5.41) is 5.50. The van der Waals surface area contributed by atoms with Gasteiger partial charge < -0.3 is 10.2 Å². The van der Waals surface area contributed by atoms with Crippen molar-refractivity contribution in [1.82, 2.24) is 10.2 Å². The first-order valence-electron chi connectivity index (χ1n) is 13.1. The highest BCUT2D eigenvalue weighted by molar-refractivity contribution is 6.42. The highest BCUT2D eigenvalue weighted by Crippen LogP contribution is 2.37. The number of nitrogens with zero attached hydrogens (tertiary/aromatic N) is 2. The number of hydrogen-bond donors (Lipinski definition) is 1. The van der Waals surface area contributed by atoms with E-state index >= 15 is 0 Å². The Morgan fingerprint density at radius 1 is 0.875 bits per heavy atom. The Morgan fingerprint density at radius 3 is 2.30 bits per heavy atom. The summed E-state index contributed by atoms with van der Waals surface area (Å²) in [6, 6.07) is 25.0. The Hall–Kier alpha value is -3.87. The summed E-state index contributed by atoms with van der Waals surface area (Å²) >= 11 is 12.5. The molecular weight excluding hydrogens is 545 g/mol. The molecule has 1 heterocycles. The molecule has 5 rings (SSSR count). The summed E-state index contributed by atoms with van der Waals surface area (Å²) in [7, 11) is 0. The van der Waals surface area contributed by atoms with Crippen LogP contribution in [0.4, 0.5) is 5.69 Å². The average molecular weight is 575 g/mol. The molecule has 0 aromatic heterocycles. The Kier molecular flexibility index (Phi) is 8.10. The second-order valence-corrected chi connectivity index (χ2v) is 11.0. The maximum atomic E-state index is 14.2. The Balaban J connectivity index is 1.52. The molecule has 1 aliphatic heterocycles. The van der Waals surface area contributed by atoms with Gasteiger partial charge in [-0.1, -0.05) is 83.9 Å². The fourth-order valence-corrected chi connectivity index (χ4v) is 5.45. The van der Waals surface area contributed by atoms with E-state index in [1.54, 1.807) is 29.2 Å². The predicted molar refractivity (Wildman–Crippen MR) is 160 cm³/mol. The van der Waals surface area contributed by atoms with Gasteiger partial charge in [0.15, 0.2) is 0 Å². The smallest absolute Gasteiger partial charge is 0.259 e. The summed E-state index contributed by atoms with van der Waals surface area (Å²) in [6.07, 6.45) is 0.302. The van der Waals surface area contributed by atoms with Crippen molar-refractivity contribution in [2.75, 3.05) is 11.4 Å². The molecule has 0 fully saturated rings. The van der Waals surface area contributed by atoms with Crippen molar-refractivity contribution in [2.24, 2.45) is 0 Å². The standard InChI is InChI=1S/C32H29Cl2N3O3/c1-20(2)35-31(39)28(17-21-8-4-3-5-9-21)36(18-22-14-15-25(33)26(34)16-22)29(38)19-37-27-13-7-11-23-10-6-12-24(30(23)27)32(37)40/h3-16,20,28H,17-19H2,1-2H3,(H,35,39)/t28-/m0/s1. The molecule has 1 atom stereocenters. The van der Waals surface area contributed by atoms with E-state index in [2.05, 4.69) is 5.32 Å². The van der Waals surface area contributed by atoms with Gasteiger partial charge in [-0.25, -0.2) is 0 Å². The minimum Gasteiger partial charge on any atom is -0.352 e. The van der Waals surface area contributed by atoms with E-state index in [1.165, 1.54) is 4.90 Å². The van der Waals surface area contributed by atoms with Crippen LogP contribution in [0.25, 0.3) is 10.8 Å². The van der Waals surface area contributed by atoms with Gasteiger partial charge in [-0.05, 0) is 54.6 Å². The summed E-state index contributed by atoms with van der Waals surface area (Å²) in [6.45, 7) is 3.65. The van der Waals surface area contributed by atoms with E-state index < -0.39 is 6.04 Å². The van der Waals surface area contributed by atoms with Gasteiger partial charge >= 0.3 is 0 Å². The van der Waals surface area contributed by atoms with Crippen LogP contribution in [-0.2, 0) is 22.6 Å². The first-order chi connectivity index (χ1) is 19.2. The van der Waals surface area contributed by atoms with Gasteiger partial charge in [0.25, 0.3) is 5.91 Å². The lowest BCUT2D eigenvalue weighted by atomic mass is 10.0. The lowest BCUT2D eigenvalue weighted by Gasteiger charge is -2.33. The molecule has 204 valence electrons. The Morgan fingerprint density at radius 2 is 1.60 bits per heavy atom. The molecule has 0 saturated carbocycles. The molecule has 0 unspecified atom stereocenters. The van der Waals surface area contributed by atoms with Crippen molar-refractivity contribution < 1.29 is 14.4 Å². The van der Waals surface area contributed by atoms with Gasteiger partial charge in [-0.15, -0.1) is 0 Å². The van der Waals surface area contributed by atoms with E-state index in [0.29, 0.717) is 27.7 Å². The van der Waals surface area contributed by atoms with Gasteiger partial charge in [-0.2, -0.15) is 0 Å². The summed E-state index contributed by atoms with van der Waals surface area (Å²) in [4.78, 5) is 44.3. The molecule has 0 aliphatic carbocycles. The maximum Gasteiger partial charge on any atom is 0.259 e. The normalized spacial score (nSPS) is 13.1. The maximum absolute atomic E-state index is 14.2. The molecule has 8 heteroatoms. The molecule has 3 amide bonds. The van der Waals surface area contributed by atoms with Gasteiger partial charge in [-0.3, -0.25) is 19.3 Å². The van der Waals surface area contributed by atoms with Crippen LogP contribution in [0, 0.1) is 0 Å². The van der Waals surface area contributed by atoms with E-state index in [0.717, 1.165) is 21.9 Å². The number of carbonyl (C=O) groups is 3. The molecule has 6 nitrogen and oxygen atoms in total. The molecule has 0 radical (unpaired) electrons. The number of anilines is 1. The fraction of sp³-hybridized carbons (Fsp3) is 0.219. The van der Waals surface area contributed by atoms with Crippen LogP contribution in [-0.4, -0.2) is 41.2 Å². The molecule has 1 aliphatic rings. The zero-order chi connectivity index (χ0) is 28.4. The van der Waals surface area contributed by atoms with Gasteiger partial charge in [0.1, 0.15) is 12.6 Å². The topological polar surface area (TPSA) is 69.7 Å². The van der Waals surface area contributed by atoms with Gasteiger partial charge in [0, 0.05) is 30.0 Å². The molecule has 1 N–H and O–H groups in total. The third kappa shape index (κ3) is 5.69. The van der Waals surface area contributed by atoms with Crippen molar-refractivity contribution >= 4 is 57.4 Å². The molecule has 0 saturated heterocycles. The summed E-state index contributed by atoms with van der Waals surface area (Å²) in [5.74, 6) is -0.865. The van der Waals surface area contributed by atoms with Crippen molar-refractivity contribution in [3.05, 3.63) is 112 Å². The van der Waals surface area contributed by atoms with E-state index in [4.69, 9.17) is 23.2 Å². The zero-order valence-corrected chi connectivity index (χ0v) is 23.7. The van der Waals surface area contributed by atoms with E-state index in [1.807, 2.05) is 74.5 Å². The number of hydrogen-bond acceptors (Lipinski definition) is 3. The third-order valence-corrected chi connectivity index (χ3v) is 7.72. The van der Waals surface area contributed by atoms with Crippen molar-refractivity contribution in [2.45, 2.75) is 38.9 Å². The molecule has 0 spiro atoms. The first kappa shape index (κ1) is 27.7. The molecule has 0 bridgehead atoms. The van der Waals surface area contributed by atoms with E-state index in [9.17, 15) is 14.4 Å². The number of benzene rings is 4. The monoisotopic (exact) mass is 573 g/mol. The van der Waals surface area contributed by atoms with Gasteiger partial charge in [0.05, 0.1) is 15.7 Å². The van der Waals surface area contributed by atoms with Crippen LogP contribution >= 0.6 is 23.2 Å². The summed E-state index contributed by atoms with van der Waals surface area (Å²) < 4.78 is 0. The van der Waals surface area contributed by atoms with Crippen molar-refractivity contribution in [3.63, 3.8) is 0 Å². The van der Waals surface area contributed by atoms with Crippen LogP contribution in [0.2, 0.25) is 10.0 Å². The number of halogens is 2. The number of carbonyl (C=O) groups excluding carboxylic acids is 3. The Labute approximate surface area is 243 Å². The number of amides is 3. The van der Waals surface area contributed by atoms with Gasteiger partial charge in [0.2, 0.25) is 11.8 Å². The molecule has 4 aromatic carbocycles. The largest absolute Gasteiger partial charge is 0.352 e. The lowest BCUT2D eigenvalue weighted by molar-refractivity contribution is -0.140. The fourth-order valence-electron chi connectivity index (χ4n) is 5.13. The van der Waals surface area contributed by atoms with Crippen molar-refractivity contribution in [3.8, 4) is 0 Å². The minimum absolute atomic E-state index is 0.109. The van der Waals surface area contributed by atoms with E-state index in [-0.39, 0.29) is 36.9 Å².